The van der Waals surface area contributed by atoms with E-state index in [1.165, 1.54) is 0 Å². The van der Waals surface area contributed by atoms with Gasteiger partial charge in [0.15, 0.2) is 0 Å². The average Bonchev–Trinajstić information content (AvgIpc) is 2.30. The predicted molar refractivity (Wildman–Crippen MR) is 38.1 cm³/mol. The van der Waals surface area contributed by atoms with Gasteiger partial charge in [0.25, 0.3) is 0 Å². The predicted octanol–water partition coefficient (Wildman–Crippen LogP) is 1.31. The van der Waals surface area contributed by atoms with E-state index >= 15 is 0 Å². The first-order valence-corrected chi connectivity index (χ1v) is 3.45. The fourth-order valence-electron chi connectivity index (χ4n) is 1.19. The number of pyridine rings is 1. The lowest BCUT2D eigenvalue weighted by Crippen LogP contribution is -1.93. The minimum atomic E-state index is -0.263. The smallest absolute Gasteiger partial charge is 0.340 e. The molecule has 0 bridgehead atoms. The minimum absolute atomic E-state index is 0.182. The standard InChI is InChI=1S/C8H7NO2/c1-5-7-6(8(10)11-5)3-2-4-9-7/h2-5H,1H3/t5-/m1/s1. The molecule has 0 unspecified atom stereocenters. The van der Waals surface area contributed by atoms with Crippen molar-refractivity contribution in [2.45, 2.75) is 13.0 Å². The van der Waals surface area contributed by atoms with Gasteiger partial charge in [0.05, 0.1) is 11.3 Å². The molecule has 11 heavy (non-hydrogen) atoms. The molecule has 1 aliphatic heterocycles. The molecular weight excluding hydrogens is 142 g/mol. The number of carbonyl (C=O) groups is 1. The molecule has 56 valence electrons. The van der Waals surface area contributed by atoms with Crippen LogP contribution in [0.2, 0.25) is 0 Å². The van der Waals surface area contributed by atoms with Crippen LogP contribution in [0.3, 0.4) is 0 Å². The molecule has 1 atom stereocenters. The molecule has 2 heterocycles. The second-order valence-electron chi connectivity index (χ2n) is 2.48. The molecule has 3 heteroatoms. The van der Waals surface area contributed by atoms with E-state index in [0.29, 0.717) is 5.56 Å². The molecule has 0 aliphatic carbocycles. The Bertz CT molecular complexity index is 309. The Labute approximate surface area is 64.0 Å². The van der Waals surface area contributed by atoms with Gasteiger partial charge in [-0.25, -0.2) is 4.79 Å². The second-order valence-corrected chi connectivity index (χ2v) is 2.48. The summed E-state index contributed by atoms with van der Waals surface area (Å²) in [5.41, 5.74) is 1.34. The first-order chi connectivity index (χ1) is 5.29. The van der Waals surface area contributed by atoms with Crippen molar-refractivity contribution in [3.63, 3.8) is 0 Å². The summed E-state index contributed by atoms with van der Waals surface area (Å²) in [6.07, 6.45) is 1.48. The zero-order valence-corrected chi connectivity index (χ0v) is 6.07. The summed E-state index contributed by atoms with van der Waals surface area (Å²) >= 11 is 0. The van der Waals surface area contributed by atoms with E-state index in [1.54, 1.807) is 18.3 Å². The monoisotopic (exact) mass is 149 g/mol. The lowest BCUT2D eigenvalue weighted by molar-refractivity contribution is 0.0418. The number of hydrogen-bond donors (Lipinski definition) is 0. The fourth-order valence-corrected chi connectivity index (χ4v) is 1.19. The van der Waals surface area contributed by atoms with E-state index in [2.05, 4.69) is 4.98 Å². The maximum atomic E-state index is 11.0. The number of ether oxygens (including phenoxy) is 1. The van der Waals surface area contributed by atoms with Crippen LogP contribution >= 0.6 is 0 Å². The minimum Gasteiger partial charge on any atom is -0.452 e. The van der Waals surface area contributed by atoms with Crippen LogP contribution in [-0.4, -0.2) is 11.0 Å². The number of aromatic nitrogens is 1. The van der Waals surface area contributed by atoms with Gasteiger partial charge in [-0.15, -0.1) is 0 Å². The topological polar surface area (TPSA) is 39.2 Å². The van der Waals surface area contributed by atoms with Gasteiger partial charge >= 0.3 is 5.97 Å². The fraction of sp³-hybridized carbons (Fsp3) is 0.250. The molecule has 1 aliphatic rings. The van der Waals surface area contributed by atoms with E-state index in [4.69, 9.17) is 4.74 Å². The molecule has 0 amide bonds. The molecule has 1 aromatic rings. The molecule has 0 fully saturated rings. The van der Waals surface area contributed by atoms with E-state index in [9.17, 15) is 4.79 Å². The van der Waals surface area contributed by atoms with E-state index in [0.717, 1.165) is 5.69 Å². The van der Waals surface area contributed by atoms with Crippen molar-refractivity contribution in [2.24, 2.45) is 0 Å². The molecule has 0 radical (unpaired) electrons. The molecule has 0 saturated heterocycles. The first kappa shape index (κ1) is 6.34. The Morgan fingerprint density at radius 2 is 2.45 bits per heavy atom. The van der Waals surface area contributed by atoms with Gasteiger partial charge in [-0.1, -0.05) is 0 Å². The van der Waals surface area contributed by atoms with Gasteiger partial charge in [-0.05, 0) is 19.1 Å². The highest BCUT2D eigenvalue weighted by Gasteiger charge is 2.28. The van der Waals surface area contributed by atoms with Crippen molar-refractivity contribution in [3.05, 3.63) is 29.6 Å². The molecule has 0 saturated carbocycles. The summed E-state index contributed by atoms with van der Waals surface area (Å²) < 4.78 is 4.93. The highest BCUT2D eigenvalue weighted by atomic mass is 16.5. The summed E-state index contributed by atoms with van der Waals surface area (Å²) in [6.45, 7) is 1.82. The number of rotatable bonds is 0. The zero-order chi connectivity index (χ0) is 7.84. The summed E-state index contributed by atoms with van der Waals surface area (Å²) in [7, 11) is 0. The number of nitrogens with zero attached hydrogens (tertiary/aromatic N) is 1. The van der Waals surface area contributed by atoms with Crippen molar-refractivity contribution < 1.29 is 9.53 Å². The van der Waals surface area contributed by atoms with Gasteiger partial charge in [-0.2, -0.15) is 0 Å². The third-order valence-corrected chi connectivity index (χ3v) is 1.73. The van der Waals surface area contributed by atoms with Crippen molar-refractivity contribution in [2.75, 3.05) is 0 Å². The number of fused-ring (bicyclic) bond motifs is 1. The van der Waals surface area contributed by atoms with E-state index in [-0.39, 0.29) is 12.1 Å². The lowest BCUT2D eigenvalue weighted by Gasteiger charge is -1.98. The number of hydrogen-bond acceptors (Lipinski definition) is 3. The Morgan fingerprint density at radius 3 is 3.18 bits per heavy atom. The largest absolute Gasteiger partial charge is 0.452 e. The number of esters is 1. The summed E-state index contributed by atoms with van der Waals surface area (Å²) in [5.74, 6) is -0.263. The molecular formula is C8H7NO2. The summed E-state index contributed by atoms with van der Waals surface area (Å²) in [4.78, 5) is 15.1. The molecule has 3 nitrogen and oxygen atoms in total. The van der Waals surface area contributed by atoms with Crippen LogP contribution in [0.4, 0.5) is 0 Å². The maximum absolute atomic E-state index is 11.0. The Balaban J connectivity index is 2.60. The van der Waals surface area contributed by atoms with Crippen LogP contribution in [0.15, 0.2) is 18.3 Å². The van der Waals surface area contributed by atoms with Gasteiger partial charge in [-0.3, -0.25) is 4.98 Å². The Morgan fingerprint density at radius 1 is 1.64 bits per heavy atom. The van der Waals surface area contributed by atoms with Crippen molar-refractivity contribution in [3.8, 4) is 0 Å². The van der Waals surface area contributed by atoms with Crippen LogP contribution in [0.5, 0.6) is 0 Å². The lowest BCUT2D eigenvalue weighted by atomic mass is 10.2. The van der Waals surface area contributed by atoms with Crippen LogP contribution in [0, 0.1) is 0 Å². The number of carbonyl (C=O) groups excluding carboxylic acids is 1. The van der Waals surface area contributed by atoms with Gasteiger partial charge in [0.1, 0.15) is 6.10 Å². The van der Waals surface area contributed by atoms with Crippen LogP contribution in [0.25, 0.3) is 0 Å². The van der Waals surface area contributed by atoms with Crippen LogP contribution in [0.1, 0.15) is 29.1 Å². The van der Waals surface area contributed by atoms with Crippen molar-refractivity contribution >= 4 is 5.97 Å². The first-order valence-electron chi connectivity index (χ1n) is 3.45. The summed E-state index contributed by atoms with van der Waals surface area (Å²) in [5, 5.41) is 0. The number of cyclic esters (lactones) is 1. The van der Waals surface area contributed by atoms with Gasteiger partial charge in [0.2, 0.25) is 0 Å². The third-order valence-electron chi connectivity index (χ3n) is 1.73. The Hall–Kier alpha value is -1.38. The van der Waals surface area contributed by atoms with Crippen LogP contribution in [-0.2, 0) is 4.74 Å². The van der Waals surface area contributed by atoms with Crippen molar-refractivity contribution in [1.82, 2.24) is 4.98 Å². The zero-order valence-electron chi connectivity index (χ0n) is 6.07. The third kappa shape index (κ3) is 0.808. The quantitative estimate of drug-likeness (QED) is 0.522. The molecule has 0 N–H and O–H groups in total. The molecule has 2 rings (SSSR count). The van der Waals surface area contributed by atoms with Crippen molar-refractivity contribution in [1.29, 1.82) is 0 Å². The average molecular weight is 149 g/mol. The van der Waals surface area contributed by atoms with Gasteiger partial charge < -0.3 is 4.74 Å². The second kappa shape index (κ2) is 2.05. The molecule has 0 aromatic carbocycles. The van der Waals surface area contributed by atoms with E-state index in [1.807, 2.05) is 6.92 Å². The highest BCUT2D eigenvalue weighted by molar-refractivity contribution is 5.93. The van der Waals surface area contributed by atoms with E-state index < -0.39 is 0 Å². The maximum Gasteiger partial charge on any atom is 0.340 e. The summed E-state index contributed by atoms with van der Waals surface area (Å²) in [6, 6.07) is 3.46. The normalized spacial score (nSPS) is 21.2. The van der Waals surface area contributed by atoms with Crippen LogP contribution < -0.4 is 0 Å². The molecule has 0 spiro atoms. The highest BCUT2D eigenvalue weighted by Crippen LogP contribution is 2.26. The molecule has 1 aromatic heterocycles. The Kier molecular flexibility index (Phi) is 1.18. The van der Waals surface area contributed by atoms with Gasteiger partial charge in [0, 0.05) is 6.20 Å². The SMILES string of the molecule is C[C@H]1OC(=O)c2cccnc21.